The summed E-state index contributed by atoms with van der Waals surface area (Å²) in [4.78, 5) is 35.3. The molecule has 0 aliphatic rings. The number of nitrogens with one attached hydrogen (secondary N) is 1. The first kappa shape index (κ1) is 19.5. The lowest BCUT2D eigenvalue weighted by atomic mass is 10.00. The van der Waals surface area contributed by atoms with E-state index in [4.69, 9.17) is 4.42 Å². The zero-order valence-electron chi connectivity index (χ0n) is 15.0. The minimum absolute atomic E-state index is 0.0384. The Hall–Kier alpha value is -2.83. The fourth-order valence-corrected chi connectivity index (χ4v) is 2.91. The summed E-state index contributed by atoms with van der Waals surface area (Å²) in [6.45, 7) is 5.22. The van der Waals surface area contributed by atoms with Crippen LogP contribution in [-0.4, -0.2) is 23.0 Å². The van der Waals surface area contributed by atoms with E-state index in [1.165, 1.54) is 6.07 Å². The predicted molar refractivity (Wildman–Crippen MR) is 93.8 cm³/mol. The maximum atomic E-state index is 12.3. The molecule has 0 spiro atoms. The Kier molecular flexibility index (Phi) is 6.02. The number of aryl methyl sites for hydroxylation is 2. The van der Waals surface area contributed by atoms with E-state index in [2.05, 4.69) is 5.32 Å². The van der Waals surface area contributed by atoms with Crippen molar-refractivity contribution in [3.05, 3.63) is 39.2 Å². The van der Waals surface area contributed by atoms with Crippen molar-refractivity contribution < 1.29 is 24.2 Å². The number of aliphatic carboxylic acids is 1. The van der Waals surface area contributed by atoms with Crippen LogP contribution in [0.3, 0.4) is 0 Å². The first-order chi connectivity index (χ1) is 12.3. The van der Waals surface area contributed by atoms with Crippen LogP contribution in [0.2, 0.25) is 0 Å². The molecule has 0 radical (unpaired) electrons. The van der Waals surface area contributed by atoms with Gasteiger partial charge in [-0.15, -0.1) is 0 Å². The van der Waals surface area contributed by atoms with Gasteiger partial charge in [0, 0.05) is 22.9 Å². The molecule has 1 aromatic carbocycles. The molecule has 0 saturated carbocycles. The Balaban J connectivity index is 2.21. The zero-order valence-corrected chi connectivity index (χ0v) is 15.0. The largest absolute Gasteiger partial charge is 0.548 e. The van der Waals surface area contributed by atoms with Crippen molar-refractivity contribution in [2.45, 2.75) is 52.5 Å². The Morgan fingerprint density at radius 3 is 2.58 bits per heavy atom. The fraction of sp³-hybridized carbons (Fsp3) is 0.421. The van der Waals surface area contributed by atoms with Crippen LogP contribution in [0.15, 0.2) is 21.3 Å². The number of carboxylic acids is 1. The van der Waals surface area contributed by atoms with Gasteiger partial charge in [-0.3, -0.25) is 4.79 Å². The molecule has 1 aromatic heterocycles. The molecule has 0 bridgehead atoms. The number of rotatable bonds is 7. The van der Waals surface area contributed by atoms with Gasteiger partial charge in [0.2, 0.25) is 5.91 Å². The number of phenolic OH excluding ortho intramolecular Hbond substituents is 1. The summed E-state index contributed by atoms with van der Waals surface area (Å²) in [6.07, 6.45) is 0.968. The highest BCUT2D eigenvalue weighted by Crippen LogP contribution is 2.28. The Morgan fingerprint density at radius 1 is 1.27 bits per heavy atom. The third kappa shape index (κ3) is 4.04. The highest BCUT2D eigenvalue weighted by atomic mass is 16.4. The van der Waals surface area contributed by atoms with E-state index in [0.717, 1.165) is 0 Å². The molecular weight excluding hydrogens is 338 g/mol. The van der Waals surface area contributed by atoms with E-state index in [0.29, 0.717) is 34.1 Å². The molecule has 0 aliphatic carbocycles. The summed E-state index contributed by atoms with van der Waals surface area (Å²) in [5, 5.41) is 23.9. The SMILES string of the molecule is CCC[C@@H](NC(=O)CCc1c(C)c2ccc(O)c(C)c2oc1=O)C(=O)[O-]. The van der Waals surface area contributed by atoms with Gasteiger partial charge >= 0.3 is 5.63 Å². The number of hydrogen-bond donors (Lipinski definition) is 2. The normalized spacial score (nSPS) is 12.1. The van der Waals surface area contributed by atoms with Crippen molar-refractivity contribution in [2.75, 3.05) is 0 Å². The first-order valence-electron chi connectivity index (χ1n) is 8.51. The van der Waals surface area contributed by atoms with E-state index in [1.54, 1.807) is 19.9 Å². The van der Waals surface area contributed by atoms with Gasteiger partial charge in [-0.1, -0.05) is 13.3 Å². The van der Waals surface area contributed by atoms with Crippen LogP contribution in [0.1, 0.15) is 42.9 Å². The molecule has 0 saturated heterocycles. The highest BCUT2D eigenvalue weighted by molar-refractivity contribution is 5.86. The first-order valence-corrected chi connectivity index (χ1v) is 8.51. The molecule has 1 atom stereocenters. The lowest BCUT2D eigenvalue weighted by molar-refractivity contribution is -0.308. The van der Waals surface area contributed by atoms with Gasteiger partial charge in [0.25, 0.3) is 0 Å². The maximum Gasteiger partial charge on any atom is 0.339 e. The van der Waals surface area contributed by atoms with Gasteiger partial charge in [0.1, 0.15) is 11.3 Å². The second-order valence-electron chi connectivity index (χ2n) is 6.31. The van der Waals surface area contributed by atoms with Crippen LogP contribution in [0.25, 0.3) is 11.0 Å². The van der Waals surface area contributed by atoms with Crippen molar-refractivity contribution in [3.63, 3.8) is 0 Å². The number of carbonyl (C=O) groups excluding carboxylic acids is 2. The van der Waals surface area contributed by atoms with Crippen LogP contribution in [0.4, 0.5) is 0 Å². The summed E-state index contributed by atoms with van der Waals surface area (Å²) in [5.74, 6) is -1.75. The number of benzene rings is 1. The molecule has 2 aromatic rings. The second kappa shape index (κ2) is 8.03. The minimum Gasteiger partial charge on any atom is -0.548 e. The molecule has 0 aliphatic heterocycles. The molecule has 0 unspecified atom stereocenters. The highest BCUT2D eigenvalue weighted by Gasteiger charge is 2.17. The number of carbonyl (C=O) groups is 2. The van der Waals surface area contributed by atoms with Gasteiger partial charge in [0.05, 0.1) is 12.0 Å². The quantitative estimate of drug-likeness (QED) is 0.713. The molecule has 1 heterocycles. The molecule has 26 heavy (non-hydrogen) atoms. The van der Waals surface area contributed by atoms with Crippen molar-refractivity contribution in [1.82, 2.24) is 5.32 Å². The number of phenols is 1. The molecule has 2 rings (SSSR count). The summed E-state index contributed by atoms with van der Waals surface area (Å²) >= 11 is 0. The molecule has 2 N–H and O–H groups in total. The lowest BCUT2D eigenvalue weighted by Gasteiger charge is -2.19. The monoisotopic (exact) mass is 360 g/mol. The van der Waals surface area contributed by atoms with Gasteiger partial charge < -0.3 is 24.7 Å². The zero-order chi connectivity index (χ0) is 19.4. The van der Waals surface area contributed by atoms with Crippen molar-refractivity contribution in [1.29, 1.82) is 0 Å². The smallest absolute Gasteiger partial charge is 0.339 e. The minimum atomic E-state index is -1.32. The van der Waals surface area contributed by atoms with Gasteiger partial charge in [0.15, 0.2) is 0 Å². The average Bonchev–Trinajstić information content (AvgIpc) is 2.58. The summed E-state index contributed by atoms with van der Waals surface area (Å²) in [5.41, 5.74) is 1.26. The second-order valence-corrected chi connectivity index (χ2v) is 6.31. The van der Waals surface area contributed by atoms with Crippen molar-refractivity contribution in [3.8, 4) is 5.75 Å². The van der Waals surface area contributed by atoms with Crippen LogP contribution < -0.4 is 16.0 Å². The summed E-state index contributed by atoms with van der Waals surface area (Å²) in [6, 6.07) is 2.15. The molecular formula is C19H22NO6-. The Morgan fingerprint density at radius 2 is 1.96 bits per heavy atom. The van der Waals surface area contributed by atoms with Crippen LogP contribution in [0.5, 0.6) is 5.75 Å². The third-order valence-electron chi connectivity index (χ3n) is 4.47. The molecule has 140 valence electrons. The topological polar surface area (TPSA) is 120 Å². The number of amides is 1. The number of hydrogen-bond acceptors (Lipinski definition) is 6. The summed E-state index contributed by atoms with van der Waals surface area (Å²) in [7, 11) is 0. The third-order valence-corrected chi connectivity index (χ3v) is 4.47. The van der Waals surface area contributed by atoms with E-state index >= 15 is 0 Å². The van der Waals surface area contributed by atoms with E-state index in [1.807, 2.05) is 6.92 Å². The number of fused-ring (bicyclic) bond motifs is 1. The Bertz CT molecular complexity index is 899. The van der Waals surface area contributed by atoms with Crippen LogP contribution in [0, 0.1) is 13.8 Å². The van der Waals surface area contributed by atoms with Gasteiger partial charge in [-0.05, 0) is 44.4 Å². The fourth-order valence-electron chi connectivity index (χ4n) is 2.91. The number of aromatic hydroxyl groups is 1. The lowest BCUT2D eigenvalue weighted by Crippen LogP contribution is -2.47. The number of carboxylic acid groups (broad SMARTS) is 1. The molecule has 7 nitrogen and oxygen atoms in total. The standard InChI is InChI=1S/C19H23NO6/c1-4-5-14(18(23)24)20-16(22)9-7-13-10(2)12-6-8-15(21)11(3)17(12)26-19(13)25/h6,8,14,21H,4-5,7,9H2,1-3H3,(H,20,22)(H,23,24)/p-1/t14-/m1/s1. The van der Waals surface area contributed by atoms with Crippen molar-refractivity contribution >= 4 is 22.8 Å². The maximum absolute atomic E-state index is 12.3. The van der Waals surface area contributed by atoms with Gasteiger partial charge in [-0.25, -0.2) is 4.79 Å². The molecule has 0 fully saturated rings. The summed E-state index contributed by atoms with van der Waals surface area (Å²) < 4.78 is 5.32. The van der Waals surface area contributed by atoms with E-state index in [-0.39, 0.29) is 25.0 Å². The average molecular weight is 360 g/mol. The Labute approximate surface area is 150 Å². The predicted octanol–water partition coefficient (Wildman–Crippen LogP) is 1.08. The van der Waals surface area contributed by atoms with Crippen LogP contribution in [-0.2, 0) is 16.0 Å². The van der Waals surface area contributed by atoms with E-state index in [9.17, 15) is 24.6 Å². The van der Waals surface area contributed by atoms with Crippen LogP contribution >= 0.6 is 0 Å². The molecule has 7 heteroatoms. The van der Waals surface area contributed by atoms with E-state index < -0.39 is 23.5 Å². The van der Waals surface area contributed by atoms with Gasteiger partial charge in [-0.2, -0.15) is 0 Å². The van der Waals surface area contributed by atoms with Crippen molar-refractivity contribution in [2.24, 2.45) is 0 Å². The molecule has 1 amide bonds.